The van der Waals surface area contributed by atoms with Crippen LogP contribution in [-0.2, 0) is 6.18 Å². The van der Waals surface area contributed by atoms with Crippen molar-refractivity contribution in [3.63, 3.8) is 0 Å². The van der Waals surface area contributed by atoms with Gasteiger partial charge in [-0.3, -0.25) is 4.90 Å². The standard InChI is InChI=1S/C15H21F3N2/c1-11-3-2-8-20(10-11)14(9-19)12-4-6-13(7-5-12)15(16,17)18/h4-7,11,14H,2-3,8-10,19H2,1H3. The Kier molecular flexibility index (Phi) is 4.70. The van der Waals surface area contributed by atoms with Crippen molar-refractivity contribution < 1.29 is 13.2 Å². The van der Waals surface area contributed by atoms with Gasteiger partial charge in [0.2, 0.25) is 0 Å². The minimum atomic E-state index is -4.28. The highest BCUT2D eigenvalue weighted by Gasteiger charge is 2.31. The van der Waals surface area contributed by atoms with Gasteiger partial charge in [0.05, 0.1) is 5.56 Å². The third-order valence-corrected chi connectivity index (χ3v) is 3.98. The average Bonchev–Trinajstić information content (AvgIpc) is 2.39. The van der Waals surface area contributed by atoms with Crippen molar-refractivity contribution in [3.8, 4) is 0 Å². The fourth-order valence-corrected chi connectivity index (χ4v) is 2.90. The lowest BCUT2D eigenvalue weighted by atomic mass is 9.96. The zero-order valence-electron chi connectivity index (χ0n) is 11.7. The fourth-order valence-electron chi connectivity index (χ4n) is 2.90. The second-order valence-electron chi connectivity index (χ2n) is 5.61. The summed E-state index contributed by atoms with van der Waals surface area (Å²) < 4.78 is 37.7. The Balaban J connectivity index is 2.15. The van der Waals surface area contributed by atoms with Crippen LogP contribution >= 0.6 is 0 Å². The molecular formula is C15H21F3N2. The zero-order chi connectivity index (χ0) is 14.8. The van der Waals surface area contributed by atoms with Gasteiger partial charge in [-0.2, -0.15) is 13.2 Å². The van der Waals surface area contributed by atoms with Crippen LogP contribution in [0.5, 0.6) is 0 Å². The van der Waals surface area contributed by atoms with Gasteiger partial charge in [-0.1, -0.05) is 19.1 Å². The van der Waals surface area contributed by atoms with Gasteiger partial charge < -0.3 is 5.73 Å². The minimum absolute atomic E-state index is 0.0139. The number of likely N-dealkylation sites (tertiary alicyclic amines) is 1. The van der Waals surface area contributed by atoms with E-state index in [4.69, 9.17) is 5.73 Å². The van der Waals surface area contributed by atoms with E-state index < -0.39 is 11.7 Å². The Hall–Kier alpha value is -1.07. The molecule has 0 bridgehead atoms. The van der Waals surface area contributed by atoms with Gasteiger partial charge in [0.25, 0.3) is 0 Å². The first-order valence-electron chi connectivity index (χ1n) is 7.03. The summed E-state index contributed by atoms with van der Waals surface area (Å²) >= 11 is 0. The van der Waals surface area contributed by atoms with Crippen molar-refractivity contribution in [1.82, 2.24) is 4.90 Å². The lowest BCUT2D eigenvalue weighted by molar-refractivity contribution is -0.137. The topological polar surface area (TPSA) is 29.3 Å². The molecule has 0 aliphatic carbocycles. The molecule has 1 saturated heterocycles. The van der Waals surface area contributed by atoms with E-state index in [1.807, 2.05) is 0 Å². The van der Waals surface area contributed by atoms with Gasteiger partial charge in [0.1, 0.15) is 0 Å². The smallest absolute Gasteiger partial charge is 0.329 e. The van der Waals surface area contributed by atoms with Crippen molar-refractivity contribution in [2.24, 2.45) is 11.7 Å². The van der Waals surface area contributed by atoms with E-state index in [1.54, 1.807) is 12.1 Å². The molecule has 2 nitrogen and oxygen atoms in total. The first-order valence-corrected chi connectivity index (χ1v) is 7.03. The second kappa shape index (κ2) is 6.14. The normalized spacial score (nSPS) is 22.8. The highest BCUT2D eigenvalue weighted by molar-refractivity contribution is 5.27. The summed E-state index contributed by atoms with van der Waals surface area (Å²) in [7, 11) is 0. The fraction of sp³-hybridized carbons (Fsp3) is 0.600. The number of nitrogens with two attached hydrogens (primary N) is 1. The highest BCUT2D eigenvalue weighted by atomic mass is 19.4. The molecular weight excluding hydrogens is 265 g/mol. The molecule has 0 spiro atoms. The van der Waals surface area contributed by atoms with Gasteiger partial charge in [0, 0.05) is 19.1 Å². The molecule has 5 heteroatoms. The SMILES string of the molecule is CC1CCCN(C(CN)c2ccc(C(F)(F)F)cc2)C1. The zero-order valence-corrected chi connectivity index (χ0v) is 11.7. The predicted molar refractivity (Wildman–Crippen MR) is 73.2 cm³/mol. The van der Waals surface area contributed by atoms with Gasteiger partial charge >= 0.3 is 6.18 Å². The van der Waals surface area contributed by atoms with E-state index in [2.05, 4.69) is 11.8 Å². The lowest BCUT2D eigenvalue weighted by Gasteiger charge is -2.37. The van der Waals surface area contributed by atoms with Crippen LogP contribution in [0.1, 0.15) is 36.9 Å². The molecule has 0 amide bonds. The molecule has 1 aliphatic rings. The molecule has 1 fully saturated rings. The van der Waals surface area contributed by atoms with Crippen LogP contribution in [0.4, 0.5) is 13.2 Å². The molecule has 0 aromatic heterocycles. The van der Waals surface area contributed by atoms with Gasteiger partial charge in [-0.05, 0) is 43.0 Å². The lowest BCUT2D eigenvalue weighted by Crippen LogP contribution is -2.40. The first kappa shape index (κ1) is 15.3. The highest BCUT2D eigenvalue weighted by Crippen LogP contribution is 2.31. The van der Waals surface area contributed by atoms with Crippen molar-refractivity contribution in [2.75, 3.05) is 19.6 Å². The first-order chi connectivity index (χ1) is 9.41. The number of hydrogen-bond donors (Lipinski definition) is 1. The van der Waals surface area contributed by atoms with E-state index >= 15 is 0 Å². The summed E-state index contributed by atoms with van der Waals surface area (Å²) in [4.78, 5) is 2.29. The molecule has 1 aromatic rings. The van der Waals surface area contributed by atoms with E-state index in [9.17, 15) is 13.2 Å². The van der Waals surface area contributed by atoms with E-state index in [-0.39, 0.29) is 6.04 Å². The van der Waals surface area contributed by atoms with Crippen molar-refractivity contribution in [3.05, 3.63) is 35.4 Å². The van der Waals surface area contributed by atoms with Crippen molar-refractivity contribution >= 4 is 0 Å². The maximum absolute atomic E-state index is 12.6. The Morgan fingerprint density at radius 2 is 1.95 bits per heavy atom. The number of alkyl halides is 3. The maximum Gasteiger partial charge on any atom is 0.416 e. The van der Waals surface area contributed by atoms with Gasteiger partial charge in [-0.15, -0.1) is 0 Å². The summed E-state index contributed by atoms with van der Waals surface area (Å²) in [5.41, 5.74) is 6.10. The quantitative estimate of drug-likeness (QED) is 0.922. The molecule has 1 heterocycles. The molecule has 20 heavy (non-hydrogen) atoms. The third kappa shape index (κ3) is 3.52. The number of piperidine rings is 1. The summed E-state index contributed by atoms with van der Waals surface area (Å²) in [6.45, 7) is 4.56. The van der Waals surface area contributed by atoms with Crippen LogP contribution in [0.3, 0.4) is 0 Å². The van der Waals surface area contributed by atoms with E-state index in [0.29, 0.717) is 12.5 Å². The molecule has 1 aromatic carbocycles. The predicted octanol–water partition coefficient (Wildman–Crippen LogP) is 3.44. The largest absolute Gasteiger partial charge is 0.416 e. The van der Waals surface area contributed by atoms with Crippen LogP contribution in [0.25, 0.3) is 0 Å². The number of rotatable bonds is 3. The van der Waals surface area contributed by atoms with Gasteiger partial charge in [-0.25, -0.2) is 0 Å². The van der Waals surface area contributed by atoms with Crippen LogP contribution in [0, 0.1) is 5.92 Å². The molecule has 2 rings (SSSR count). The molecule has 1 aliphatic heterocycles. The van der Waals surface area contributed by atoms with Crippen LogP contribution < -0.4 is 5.73 Å². The molecule has 2 unspecified atom stereocenters. The second-order valence-corrected chi connectivity index (χ2v) is 5.61. The molecule has 112 valence electrons. The third-order valence-electron chi connectivity index (χ3n) is 3.98. The van der Waals surface area contributed by atoms with E-state index in [1.165, 1.54) is 6.42 Å². The minimum Gasteiger partial charge on any atom is -0.329 e. The van der Waals surface area contributed by atoms with E-state index in [0.717, 1.165) is 37.2 Å². The van der Waals surface area contributed by atoms with Crippen LogP contribution in [0.15, 0.2) is 24.3 Å². The number of nitrogens with zero attached hydrogens (tertiary/aromatic N) is 1. The Morgan fingerprint density at radius 3 is 2.45 bits per heavy atom. The monoisotopic (exact) mass is 286 g/mol. The van der Waals surface area contributed by atoms with Crippen molar-refractivity contribution in [1.29, 1.82) is 0 Å². The summed E-state index contributed by atoms with van der Waals surface area (Å²) in [6, 6.07) is 5.41. The summed E-state index contributed by atoms with van der Waals surface area (Å²) in [5.74, 6) is 0.618. The molecule has 0 radical (unpaired) electrons. The Morgan fingerprint density at radius 1 is 1.30 bits per heavy atom. The number of halogens is 3. The Bertz CT molecular complexity index is 428. The molecule has 0 saturated carbocycles. The van der Waals surface area contributed by atoms with Crippen LogP contribution in [0.2, 0.25) is 0 Å². The average molecular weight is 286 g/mol. The van der Waals surface area contributed by atoms with Gasteiger partial charge in [0.15, 0.2) is 0 Å². The molecule has 2 atom stereocenters. The van der Waals surface area contributed by atoms with Crippen LogP contribution in [-0.4, -0.2) is 24.5 Å². The number of hydrogen-bond acceptors (Lipinski definition) is 2. The van der Waals surface area contributed by atoms with Crippen molar-refractivity contribution in [2.45, 2.75) is 32.0 Å². The molecule has 2 N–H and O–H groups in total. The summed E-state index contributed by atoms with van der Waals surface area (Å²) in [6.07, 6.45) is -1.95. The number of benzene rings is 1. The summed E-state index contributed by atoms with van der Waals surface area (Å²) in [5, 5.41) is 0. The maximum atomic E-state index is 12.6. The Labute approximate surface area is 117 Å².